The maximum absolute atomic E-state index is 6.07. The summed E-state index contributed by atoms with van der Waals surface area (Å²) in [6.07, 6.45) is 0. The molecule has 1 aromatic heterocycles. The zero-order chi connectivity index (χ0) is 14.1. The smallest absolute Gasteiger partial charge is 0.201 e. The van der Waals surface area contributed by atoms with Crippen LogP contribution < -0.4 is 10.5 Å². The van der Waals surface area contributed by atoms with E-state index in [1.165, 1.54) is 5.56 Å². The van der Waals surface area contributed by atoms with Gasteiger partial charge in [-0.1, -0.05) is 30.3 Å². The normalized spacial score (nSPS) is 10.9. The number of methoxy groups -OCH3 is 1. The first kappa shape index (κ1) is 12.5. The van der Waals surface area contributed by atoms with Crippen LogP contribution in [0, 0.1) is 6.92 Å². The molecule has 0 amide bonds. The molecule has 0 aliphatic carbocycles. The third kappa shape index (κ3) is 1.99. The Kier molecular flexibility index (Phi) is 3.06. The van der Waals surface area contributed by atoms with Crippen molar-refractivity contribution in [1.82, 2.24) is 9.55 Å². The van der Waals surface area contributed by atoms with Crippen LogP contribution in [0.25, 0.3) is 11.0 Å². The van der Waals surface area contributed by atoms with E-state index in [-0.39, 0.29) is 0 Å². The van der Waals surface area contributed by atoms with E-state index in [4.69, 9.17) is 10.5 Å². The van der Waals surface area contributed by atoms with Crippen molar-refractivity contribution < 1.29 is 4.74 Å². The fraction of sp³-hybridized carbons (Fsp3) is 0.188. The molecule has 0 fully saturated rings. The summed E-state index contributed by atoms with van der Waals surface area (Å²) in [5, 5.41) is 0. The fourth-order valence-corrected chi connectivity index (χ4v) is 2.55. The SMILES string of the molecule is COc1ccccc1Cn1c(N)nc2cccc(C)c21. The number of rotatable bonds is 3. The van der Waals surface area contributed by atoms with Gasteiger partial charge in [0.25, 0.3) is 0 Å². The van der Waals surface area contributed by atoms with E-state index >= 15 is 0 Å². The van der Waals surface area contributed by atoms with E-state index in [2.05, 4.69) is 18.0 Å². The summed E-state index contributed by atoms with van der Waals surface area (Å²) in [6.45, 7) is 2.72. The Morgan fingerprint density at radius 1 is 1.15 bits per heavy atom. The second kappa shape index (κ2) is 4.89. The van der Waals surface area contributed by atoms with Crippen LogP contribution in [0.15, 0.2) is 42.5 Å². The molecule has 0 atom stereocenters. The molecule has 20 heavy (non-hydrogen) atoms. The van der Waals surface area contributed by atoms with Crippen LogP contribution in [0.4, 0.5) is 5.95 Å². The largest absolute Gasteiger partial charge is 0.496 e. The van der Waals surface area contributed by atoms with Gasteiger partial charge in [0.2, 0.25) is 5.95 Å². The summed E-state index contributed by atoms with van der Waals surface area (Å²) in [5.74, 6) is 1.39. The molecular formula is C16H17N3O. The van der Waals surface area contributed by atoms with Gasteiger partial charge in [0.15, 0.2) is 0 Å². The van der Waals surface area contributed by atoms with Crippen molar-refractivity contribution in [3.05, 3.63) is 53.6 Å². The highest BCUT2D eigenvalue weighted by Crippen LogP contribution is 2.25. The molecule has 3 rings (SSSR count). The summed E-state index contributed by atoms with van der Waals surface area (Å²) >= 11 is 0. The number of fused-ring (bicyclic) bond motifs is 1. The van der Waals surface area contributed by atoms with Crippen LogP contribution in [-0.2, 0) is 6.54 Å². The molecule has 2 N–H and O–H groups in total. The van der Waals surface area contributed by atoms with Crippen molar-refractivity contribution >= 4 is 17.0 Å². The Morgan fingerprint density at radius 2 is 1.95 bits per heavy atom. The Hall–Kier alpha value is -2.49. The van der Waals surface area contributed by atoms with Gasteiger partial charge in [-0.3, -0.25) is 0 Å². The number of nitrogens with zero attached hydrogens (tertiary/aromatic N) is 2. The molecule has 4 heteroatoms. The minimum absolute atomic E-state index is 0.528. The minimum Gasteiger partial charge on any atom is -0.496 e. The summed E-state index contributed by atoms with van der Waals surface area (Å²) in [7, 11) is 1.68. The summed E-state index contributed by atoms with van der Waals surface area (Å²) in [4.78, 5) is 4.43. The average molecular weight is 267 g/mol. The van der Waals surface area contributed by atoms with Crippen LogP contribution in [-0.4, -0.2) is 16.7 Å². The van der Waals surface area contributed by atoms with Crippen molar-refractivity contribution in [3.8, 4) is 5.75 Å². The van der Waals surface area contributed by atoms with Crippen molar-refractivity contribution in [2.75, 3.05) is 12.8 Å². The van der Waals surface area contributed by atoms with E-state index in [0.717, 1.165) is 22.3 Å². The van der Waals surface area contributed by atoms with Crippen LogP contribution in [0.3, 0.4) is 0 Å². The van der Waals surface area contributed by atoms with Crippen molar-refractivity contribution in [2.24, 2.45) is 0 Å². The van der Waals surface area contributed by atoms with Gasteiger partial charge in [-0.05, 0) is 24.6 Å². The Bertz CT molecular complexity index is 762. The number of hydrogen-bond donors (Lipinski definition) is 1. The lowest BCUT2D eigenvalue weighted by Gasteiger charge is -2.11. The number of ether oxygens (including phenoxy) is 1. The van der Waals surface area contributed by atoms with Gasteiger partial charge in [-0.15, -0.1) is 0 Å². The predicted octanol–water partition coefficient (Wildman–Crippen LogP) is 2.98. The molecular weight excluding hydrogens is 250 g/mol. The number of aryl methyl sites for hydroxylation is 1. The van der Waals surface area contributed by atoms with E-state index in [9.17, 15) is 0 Å². The number of nitrogen functional groups attached to an aromatic ring is 1. The molecule has 0 bridgehead atoms. The summed E-state index contributed by atoms with van der Waals surface area (Å²) in [5.41, 5.74) is 10.3. The molecule has 102 valence electrons. The molecule has 0 spiro atoms. The number of para-hydroxylation sites is 2. The third-order valence-electron chi connectivity index (χ3n) is 3.52. The first-order valence-corrected chi connectivity index (χ1v) is 6.54. The van der Waals surface area contributed by atoms with Crippen molar-refractivity contribution in [2.45, 2.75) is 13.5 Å². The van der Waals surface area contributed by atoms with Gasteiger partial charge in [-0.25, -0.2) is 4.98 Å². The topological polar surface area (TPSA) is 53.1 Å². The summed E-state index contributed by atoms with van der Waals surface area (Å²) in [6, 6.07) is 14.0. The lowest BCUT2D eigenvalue weighted by Crippen LogP contribution is -2.06. The maximum Gasteiger partial charge on any atom is 0.201 e. The lowest BCUT2D eigenvalue weighted by molar-refractivity contribution is 0.408. The molecule has 2 aromatic carbocycles. The van der Waals surface area contributed by atoms with E-state index < -0.39 is 0 Å². The molecule has 0 aliphatic heterocycles. The molecule has 0 saturated heterocycles. The number of aromatic nitrogens is 2. The zero-order valence-corrected chi connectivity index (χ0v) is 11.6. The lowest BCUT2D eigenvalue weighted by atomic mass is 10.1. The van der Waals surface area contributed by atoms with Gasteiger partial charge in [0.1, 0.15) is 5.75 Å². The maximum atomic E-state index is 6.07. The monoisotopic (exact) mass is 267 g/mol. The number of anilines is 1. The number of imidazole rings is 1. The van der Waals surface area contributed by atoms with Crippen molar-refractivity contribution in [3.63, 3.8) is 0 Å². The highest BCUT2D eigenvalue weighted by atomic mass is 16.5. The Morgan fingerprint density at radius 3 is 2.75 bits per heavy atom. The molecule has 0 aliphatic rings. The second-order valence-corrected chi connectivity index (χ2v) is 4.81. The molecule has 0 saturated carbocycles. The molecule has 3 aromatic rings. The second-order valence-electron chi connectivity index (χ2n) is 4.81. The first-order valence-electron chi connectivity index (χ1n) is 6.54. The van der Waals surface area contributed by atoms with Gasteiger partial charge in [-0.2, -0.15) is 0 Å². The minimum atomic E-state index is 0.528. The van der Waals surface area contributed by atoms with Crippen molar-refractivity contribution in [1.29, 1.82) is 0 Å². The van der Waals surface area contributed by atoms with Crippen LogP contribution >= 0.6 is 0 Å². The summed E-state index contributed by atoms with van der Waals surface area (Å²) < 4.78 is 7.43. The van der Waals surface area contributed by atoms with Crippen LogP contribution in [0.2, 0.25) is 0 Å². The predicted molar refractivity (Wildman–Crippen MR) is 81.0 cm³/mol. The quantitative estimate of drug-likeness (QED) is 0.793. The standard InChI is InChI=1S/C16H17N3O/c1-11-6-5-8-13-15(11)19(16(17)18-13)10-12-7-3-4-9-14(12)20-2/h3-9H,10H2,1-2H3,(H2,17,18). The highest BCUT2D eigenvalue weighted by Gasteiger charge is 2.12. The zero-order valence-electron chi connectivity index (χ0n) is 11.6. The van der Waals surface area contributed by atoms with Gasteiger partial charge < -0.3 is 15.0 Å². The molecule has 4 nitrogen and oxygen atoms in total. The molecule has 0 radical (unpaired) electrons. The average Bonchev–Trinajstić information content (AvgIpc) is 2.77. The molecule has 1 heterocycles. The van der Waals surface area contributed by atoms with Crippen LogP contribution in [0.5, 0.6) is 5.75 Å². The van der Waals surface area contributed by atoms with E-state index in [0.29, 0.717) is 12.5 Å². The highest BCUT2D eigenvalue weighted by molar-refractivity contribution is 5.81. The number of benzene rings is 2. The fourth-order valence-electron chi connectivity index (χ4n) is 2.55. The van der Waals surface area contributed by atoms with E-state index in [1.54, 1.807) is 7.11 Å². The van der Waals surface area contributed by atoms with Gasteiger partial charge >= 0.3 is 0 Å². The van der Waals surface area contributed by atoms with Gasteiger partial charge in [0.05, 0.1) is 24.7 Å². The molecule has 0 unspecified atom stereocenters. The number of nitrogens with two attached hydrogens (primary N) is 1. The first-order chi connectivity index (χ1) is 9.70. The van der Waals surface area contributed by atoms with Crippen LogP contribution in [0.1, 0.15) is 11.1 Å². The Labute approximate surface area is 117 Å². The Balaban J connectivity index is 2.13. The van der Waals surface area contributed by atoms with E-state index in [1.807, 2.05) is 41.0 Å². The van der Waals surface area contributed by atoms with Gasteiger partial charge in [0, 0.05) is 5.56 Å². The number of hydrogen-bond acceptors (Lipinski definition) is 3. The third-order valence-corrected chi connectivity index (χ3v) is 3.52.